The topological polar surface area (TPSA) is 48.5 Å². The Labute approximate surface area is 133 Å². The van der Waals surface area contributed by atoms with Gasteiger partial charge in [-0.2, -0.15) is 0 Å². The van der Waals surface area contributed by atoms with Crippen LogP contribution >= 0.6 is 0 Å². The van der Waals surface area contributed by atoms with Gasteiger partial charge >= 0.3 is 6.03 Å². The molecule has 0 aromatic carbocycles. The molecule has 1 unspecified atom stereocenters. The molecule has 5 nitrogen and oxygen atoms in total. The Morgan fingerprint density at radius 1 is 1.41 bits per heavy atom. The van der Waals surface area contributed by atoms with Crippen LogP contribution in [0.1, 0.15) is 37.9 Å². The molecule has 0 saturated carbocycles. The molecule has 0 radical (unpaired) electrons. The largest absolute Gasteiger partial charge is 0.336 e. The van der Waals surface area contributed by atoms with Gasteiger partial charge in [0.25, 0.3) is 0 Å². The van der Waals surface area contributed by atoms with Crippen molar-refractivity contribution in [1.29, 1.82) is 0 Å². The number of nitrogens with zero attached hydrogens (tertiary/aromatic N) is 3. The van der Waals surface area contributed by atoms with Gasteiger partial charge in [-0.25, -0.2) is 4.79 Å². The Morgan fingerprint density at radius 3 is 2.73 bits per heavy atom. The molecule has 1 aromatic heterocycles. The molecule has 1 atom stereocenters. The van der Waals surface area contributed by atoms with E-state index < -0.39 is 0 Å². The Hall–Kier alpha value is -1.62. The maximum absolute atomic E-state index is 12.2. The second-order valence-corrected chi connectivity index (χ2v) is 6.15. The van der Waals surface area contributed by atoms with E-state index in [4.69, 9.17) is 0 Å². The van der Waals surface area contributed by atoms with Crippen LogP contribution in [0.25, 0.3) is 0 Å². The van der Waals surface area contributed by atoms with Crippen LogP contribution in [0, 0.1) is 0 Å². The van der Waals surface area contributed by atoms with Gasteiger partial charge in [0.05, 0.1) is 12.2 Å². The minimum Gasteiger partial charge on any atom is -0.336 e. The summed E-state index contributed by atoms with van der Waals surface area (Å²) in [5.41, 5.74) is 2.14. The van der Waals surface area contributed by atoms with E-state index in [0.717, 1.165) is 25.2 Å². The van der Waals surface area contributed by atoms with Gasteiger partial charge in [0.2, 0.25) is 0 Å². The van der Waals surface area contributed by atoms with Gasteiger partial charge in [0, 0.05) is 25.8 Å². The number of carbonyl (C=O) groups excluding carboxylic acids is 1. The number of rotatable bonds is 6. The average molecular weight is 304 g/mol. The van der Waals surface area contributed by atoms with Crippen molar-refractivity contribution in [2.24, 2.45) is 0 Å². The molecular weight excluding hydrogens is 276 g/mol. The zero-order valence-corrected chi connectivity index (χ0v) is 14.0. The Kier molecular flexibility index (Phi) is 6.19. The molecule has 1 saturated heterocycles. The normalized spacial score (nSPS) is 16.5. The number of pyridine rings is 1. The molecule has 122 valence electrons. The van der Waals surface area contributed by atoms with Crippen LogP contribution in [-0.4, -0.2) is 53.5 Å². The molecule has 2 heterocycles. The molecule has 0 spiro atoms. The highest BCUT2D eigenvalue weighted by atomic mass is 16.2. The van der Waals surface area contributed by atoms with Crippen molar-refractivity contribution in [1.82, 2.24) is 20.1 Å². The van der Waals surface area contributed by atoms with Crippen molar-refractivity contribution < 1.29 is 4.79 Å². The average Bonchev–Trinajstić information content (AvgIpc) is 3.07. The standard InChI is InChI=1S/C17H28N4O/c1-4-15-7-8-16(18-12-15)13-20(3)17(22)19-11-14(2)21-9-5-6-10-21/h7-8,12,14H,4-6,9-11,13H2,1-3H3,(H,19,22). The number of aryl methyl sites for hydroxylation is 1. The van der Waals surface area contributed by atoms with E-state index in [1.807, 2.05) is 19.3 Å². The smallest absolute Gasteiger partial charge is 0.317 e. The molecule has 1 aliphatic rings. The number of carbonyl (C=O) groups is 1. The molecule has 2 amide bonds. The van der Waals surface area contributed by atoms with Gasteiger partial charge in [-0.1, -0.05) is 13.0 Å². The number of hydrogen-bond acceptors (Lipinski definition) is 3. The molecule has 1 aromatic rings. The van der Waals surface area contributed by atoms with Gasteiger partial charge in [-0.05, 0) is 50.9 Å². The highest BCUT2D eigenvalue weighted by Gasteiger charge is 2.19. The molecule has 5 heteroatoms. The third-order valence-corrected chi connectivity index (χ3v) is 4.35. The summed E-state index contributed by atoms with van der Waals surface area (Å²) < 4.78 is 0. The maximum Gasteiger partial charge on any atom is 0.317 e. The molecule has 0 bridgehead atoms. The van der Waals surface area contributed by atoms with E-state index >= 15 is 0 Å². The summed E-state index contributed by atoms with van der Waals surface area (Å²) in [4.78, 5) is 20.7. The first-order chi connectivity index (χ1) is 10.6. The van der Waals surface area contributed by atoms with E-state index in [-0.39, 0.29) is 6.03 Å². The summed E-state index contributed by atoms with van der Waals surface area (Å²) >= 11 is 0. The lowest BCUT2D eigenvalue weighted by molar-refractivity contribution is 0.197. The molecule has 1 fully saturated rings. The van der Waals surface area contributed by atoms with Crippen LogP contribution in [0.15, 0.2) is 18.3 Å². The number of likely N-dealkylation sites (tertiary alicyclic amines) is 1. The number of hydrogen-bond donors (Lipinski definition) is 1. The van der Waals surface area contributed by atoms with Crippen LogP contribution in [-0.2, 0) is 13.0 Å². The molecular formula is C17H28N4O. The third kappa shape index (κ3) is 4.70. The number of urea groups is 1. The fourth-order valence-corrected chi connectivity index (χ4v) is 2.75. The number of nitrogens with one attached hydrogen (secondary N) is 1. The number of amides is 2. The molecule has 1 aliphatic heterocycles. The van der Waals surface area contributed by atoms with E-state index in [1.54, 1.807) is 4.90 Å². The molecule has 1 N–H and O–H groups in total. The van der Waals surface area contributed by atoms with E-state index in [2.05, 4.69) is 35.1 Å². The highest BCUT2D eigenvalue weighted by Crippen LogP contribution is 2.11. The minimum atomic E-state index is -0.0348. The lowest BCUT2D eigenvalue weighted by Crippen LogP contribution is -2.44. The summed E-state index contributed by atoms with van der Waals surface area (Å²) in [5.74, 6) is 0. The Morgan fingerprint density at radius 2 is 2.14 bits per heavy atom. The predicted molar refractivity (Wildman–Crippen MR) is 88.7 cm³/mol. The van der Waals surface area contributed by atoms with E-state index in [9.17, 15) is 4.79 Å². The monoisotopic (exact) mass is 304 g/mol. The first-order valence-electron chi connectivity index (χ1n) is 8.27. The van der Waals surface area contributed by atoms with Crippen molar-refractivity contribution in [2.45, 2.75) is 45.7 Å². The van der Waals surface area contributed by atoms with Crippen LogP contribution in [0.3, 0.4) is 0 Å². The zero-order chi connectivity index (χ0) is 15.9. The fourth-order valence-electron chi connectivity index (χ4n) is 2.75. The van der Waals surface area contributed by atoms with Crippen molar-refractivity contribution >= 4 is 6.03 Å². The van der Waals surface area contributed by atoms with Gasteiger partial charge < -0.3 is 10.2 Å². The SMILES string of the molecule is CCc1ccc(CN(C)C(=O)NCC(C)N2CCCC2)nc1. The summed E-state index contributed by atoms with van der Waals surface area (Å²) in [6.45, 7) is 7.83. The summed E-state index contributed by atoms with van der Waals surface area (Å²) in [5, 5.41) is 3.02. The van der Waals surface area contributed by atoms with Crippen molar-refractivity contribution in [2.75, 3.05) is 26.7 Å². The molecule has 22 heavy (non-hydrogen) atoms. The van der Waals surface area contributed by atoms with E-state index in [1.165, 1.54) is 18.4 Å². The van der Waals surface area contributed by atoms with Crippen LogP contribution in [0.4, 0.5) is 4.79 Å². The second kappa shape index (κ2) is 8.13. The van der Waals surface area contributed by atoms with Crippen LogP contribution in [0.5, 0.6) is 0 Å². The van der Waals surface area contributed by atoms with Crippen LogP contribution < -0.4 is 5.32 Å². The van der Waals surface area contributed by atoms with Gasteiger partial charge in [0.15, 0.2) is 0 Å². The fraction of sp³-hybridized carbons (Fsp3) is 0.647. The van der Waals surface area contributed by atoms with Gasteiger partial charge in [0.1, 0.15) is 0 Å². The quantitative estimate of drug-likeness (QED) is 0.877. The summed E-state index contributed by atoms with van der Waals surface area (Å²) in [7, 11) is 1.81. The first-order valence-corrected chi connectivity index (χ1v) is 8.27. The minimum absolute atomic E-state index is 0.0348. The lowest BCUT2D eigenvalue weighted by Gasteiger charge is -2.25. The molecule has 2 rings (SSSR count). The van der Waals surface area contributed by atoms with Crippen LogP contribution in [0.2, 0.25) is 0 Å². The zero-order valence-electron chi connectivity index (χ0n) is 14.0. The molecule has 0 aliphatic carbocycles. The number of aromatic nitrogens is 1. The van der Waals surface area contributed by atoms with Crippen molar-refractivity contribution in [3.05, 3.63) is 29.6 Å². The Bertz CT molecular complexity index is 468. The highest BCUT2D eigenvalue weighted by molar-refractivity contribution is 5.73. The van der Waals surface area contributed by atoms with Crippen molar-refractivity contribution in [3.8, 4) is 0 Å². The maximum atomic E-state index is 12.2. The third-order valence-electron chi connectivity index (χ3n) is 4.35. The second-order valence-electron chi connectivity index (χ2n) is 6.15. The Balaban J connectivity index is 1.75. The lowest BCUT2D eigenvalue weighted by atomic mass is 10.2. The van der Waals surface area contributed by atoms with Gasteiger partial charge in [-0.3, -0.25) is 9.88 Å². The van der Waals surface area contributed by atoms with Gasteiger partial charge in [-0.15, -0.1) is 0 Å². The predicted octanol–water partition coefficient (Wildman–Crippen LogP) is 2.27. The first kappa shape index (κ1) is 16.7. The van der Waals surface area contributed by atoms with E-state index in [0.29, 0.717) is 19.1 Å². The summed E-state index contributed by atoms with van der Waals surface area (Å²) in [6.07, 6.45) is 5.42. The van der Waals surface area contributed by atoms with Crippen molar-refractivity contribution in [3.63, 3.8) is 0 Å². The summed E-state index contributed by atoms with van der Waals surface area (Å²) in [6, 6.07) is 4.44.